The smallest absolute Gasteiger partial charge is 0.322 e. The highest BCUT2D eigenvalue weighted by atomic mass is 16.4. The van der Waals surface area contributed by atoms with E-state index in [4.69, 9.17) is 10.8 Å². The number of aliphatic carboxylic acids is 1. The standard InChI is InChI=1S/C14H15N3O4/c15-11(14(21)16-6-13(19)20)5-9-7-17(8-18)12-4-2-1-3-10(9)12/h1-4,7-8,11H,5-6,15H2,(H,16,21)(H,19,20). The maximum absolute atomic E-state index is 11.7. The molecule has 1 aromatic carbocycles. The van der Waals surface area contributed by atoms with Crippen LogP contribution in [0.3, 0.4) is 0 Å². The van der Waals surface area contributed by atoms with Gasteiger partial charge in [0.25, 0.3) is 0 Å². The molecule has 0 fully saturated rings. The molecule has 1 aromatic heterocycles. The van der Waals surface area contributed by atoms with Crippen molar-refractivity contribution in [3.8, 4) is 0 Å². The number of carbonyl (C=O) groups excluding carboxylic acids is 2. The van der Waals surface area contributed by atoms with E-state index >= 15 is 0 Å². The predicted molar refractivity (Wildman–Crippen MR) is 76.4 cm³/mol. The first-order valence-corrected chi connectivity index (χ1v) is 6.31. The van der Waals surface area contributed by atoms with Crippen LogP contribution in [0.2, 0.25) is 0 Å². The molecule has 0 aliphatic heterocycles. The number of hydrogen-bond donors (Lipinski definition) is 3. The van der Waals surface area contributed by atoms with Gasteiger partial charge in [0.15, 0.2) is 0 Å². The van der Waals surface area contributed by atoms with Crippen molar-refractivity contribution in [3.05, 3.63) is 36.0 Å². The Morgan fingerprint density at radius 1 is 1.38 bits per heavy atom. The Hall–Kier alpha value is -2.67. The van der Waals surface area contributed by atoms with Crippen molar-refractivity contribution in [3.63, 3.8) is 0 Å². The molecule has 0 aliphatic rings. The number of hydrogen-bond acceptors (Lipinski definition) is 4. The first kappa shape index (κ1) is 14.7. The summed E-state index contributed by atoms with van der Waals surface area (Å²) in [5.74, 6) is -1.67. The number of nitrogens with one attached hydrogen (secondary N) is 1. The Bertz CT molecular complexity index is 693. The van der Waals surface area contributed by atoms with Gasteiger partial charge in [0, 0.05) is 11.6 Å². The van der Waals surface area contributed by atoms with Crippen molar-refractivity contribution in [1.82, 2.24) is 9.88 Å². The molecule has 0 saturated carbocycles. The van der Waals surface area contributed by atoms with E-state index in [-0.39, 0.29) is 6.42 Å². The van der Waals surface area contributed by atoms with Gasteiger partial charge in [-0.1, -0.05) is 18.2 Å². The lowest BCUT2D eigenvalue weighted by Gasteiger charge is -2.10. The van der Waals surface area contributed by atoms with Crippen LogP contribution in [0, 0.1) is 0 Å². The van der Waals surface area contributed by atoms with Crippen LogP contribution in [0.5, 0.6) is 0 Å². The van der Waals surface area contributed by atoms with Crippen molar-refractivity contribution in [2.75, 3.05) is 6.54 Å². The molecule has 0 saturated heterocycles. The van der Waals surface area contributed by atoms with E-state index in [1.807, 2.05) is 18.2 Å². The molecule has 1 amide bonds. The molecule has 1 heterocycles. The second-order valence-corrected chi connectivity index (χ2v) is 4.61. The van der Waals surface area contributed by atoms with Crippen LogP contribution in [0.4, 0.5) is 0 Å². The number of nitrogens with zero attached hydrogens (tertiary/aromatic N) is 1. The molecule has 110 valence electrons. The van der Waals surface area contributed by atoms with Crippen LogP contribution in [0.1, 0.15) is 5.56 Å². The minimum Gasteiger partial charge on any atom is -0.480 e. The zero-order valence-electron chi connectivity index (χ0n) is 11.2. The Labute approximate surface area is 120 Å². The Morgan fingerprint density at radius 3 is 2.76 bits per heavy atom. The Kier molecular flexibility index (Phi) is 4.34. The van der Waals surface area contributed by atoms with Gasteiger partial charge in [-0.15, -0.1) is 0 Å². The number of carboxylic acid groups (broad SMARTS) is 1. The number of aromatic nitrogens is 1. The molecule has 1 atom stereocenters. The normalized spacial score (nSPS) is 12.0. The number of carboxylic acids is 1. The fourth-order valence-electron chi connectivity index (χ4n) is 2.15. The van der Waals surface area contributed by atoms with Crippen molar-refractivity contribution in [2.24, 2.45) is 5.73 Å². The predicted octanol–water partition coefficient (Wildman–Crippen LogP) is -0.250. The lowest BCUT2D eigenvalue weighted by molar-refractivity contribution is -0.138. The maximum atomic E-state index is 11.7. The molecule has 0 radical (unpaired) electrons. The van der Waals surface area contributed by atoms with E-state index in [0.717, 1.165) is 16.5 Å². The fraction of sp³-hybridized carbons (Fsp3) is 0.214. The van der Waals surface area contributed by atoms with Crippen LogP contribution in [0.25, 0.3) is 10.9 Å². The van der Waals surface area contributed by atoms with Crippen molar-refractivity contribution in [1.29, 1.82) is 0 Å². The number of fused-ring (bicyclic) bond motifs is 1. The van der Waals surface area contributed by atoms with E-state index in [9.17, 15) is 14.4 Å². The van der Waals surface area contributed by atoms with Crippen LogP contribution < -0.4 is 11.1 Å². The summed E-state index contributed by atoms with van der Waals surface area (Å²) < 4.78 is 1.42. The van der Waals surface area contributed by atoms with Crippen molar-refractivity contribution < 1.29 is 19.5 Å². The van der Waals surface area contributed by atoms with E-state index in [2.05, 4.69) is 5.32 Å². The third kappa shape index (κ3) is 3.26. The summed E-state index contributed by atoms with van der Waals surface area (Å²) in [4.78, 5) is 33.1. The minimum absolute atomic E-state index is 0.215. The van der Waals surface area contributed by atoms with Crippen LogP contribution in [-0.4, -0.2) is 40.5 Å². The van der Waals surface area contributed by atoms with Crippen LogP contribution in [-0.2, 0) is 20.8 Å². The molecule has 1 unspecified atom stereocenters. The van der Waals surface area contributed by atoms with Gasteiger partial charge in [0.1, 0.15) is 6.54 Å². The number of rotatable bonds is 6. The summed E-state index contributed by atoms with van der Waals surface area (Å²) in [7, 11) is 0. The lowest BCUT2D eigenvalue weighted by atomic mass is 10.1. The number of carbonyl (C=O) groups is 3. The summed E-state index contributed by atoms with van der Waals surface area (Å²) in [6, 6.07) is 6.40. The third-order valence-corrected chi connectivity index (χ3v) is 3.13. The highest BCUT2D eigenvalue weighted by molar-refractivity contribution is 5.90. The van der Waals surface area contributed by atoms with E-state index in [1.165, 1.54) is 4.57 Å². The van der Waals surface area contributed by atoms with E-state index in [1.54, 1.807) is 12.3 Å². The van der Waals surface area contributed by atoms with Gasteiger partial charge in [-0.3, -0.25) is 19.0 Å². The molecular weight excluding hydrogens is 274 g/mol. The van der Waals surface area contributed by atoms with Crippen LogP contribution in [0.15, 0.2) is 30.5 Å². The summed E-state index contributed by atoms with van der Waals surface area (Å²) >= 11 is 0. The van der Waals surface area contributed by atoms with Gasteiger partial charge in [-0.05, 0) is 18.1 Å². The minimum atomic E-state index is -1.13. The molecule has 0 aliphatic carbocycles. The van der Waals surface area contributed by atoms with Gasteiger partial charge < -0.3 is 16.2 Å². The molecule has 4 N–H and O–H groups in total. The molecule has 2 rings (SSSR count). The van der Waals surface area contributed by atoms with E-state index in [0.29, 0.717) is 6.41 Å². The average Bonchev–Trinajstić information content (AvgIpc) is 2.83. The number of benzene rings is 1. The molecular formula is C14H15N3O4. The fourth-order valence-corrected chi connectivity index (χ4v) is 2.15. The quantitative estimate of drug-likeness (QED) is 0.634. The number of para-hydroxylation sites is 1. The lowest BCUT2D eigenvalue weighted by Crippen LogP contribution is -2.43. The van der Waals surface area contributed by atoms with Gasteiger partial charge >= 0.3 is 5.97 Å². The summed E-state index contributed by atoms with van der Waals surface area (Å²) in [5, 5.41) is 11.6. The molecule has 0 spiro atoms. The number of amides is 1. The molecule has 7 nitrogen and oxygen atoms in total. The highest BCUT2D eigenvalue weighted by Gasteiger charge is 2.17. The van der Waals surface area contributed by atoms with Gasteiger partial charge in [-0.2, -0.15) is 0 Å². The Morgan fingerprint density at radius 2 is 2.10 bits per heavy atom. The second kappa shape index (κ2) is 6.19. The van der Waals surface area contributed by atoms with Gasteiger partial charge in [0.2, 0.25) is 12.3 Å². The van der Waals surface area contributed by atoms with Crippen molar-refractivity contribution >= 4 is 29.2 Å². The van der Waals surface area contributed by atoms with E-state index < -0.39 is 24.5 Å². The topological polar surface area (TPSA) is 114 Å². The number of nitrogens with two attached hydrogens (primary N) is 1. The van der Waals surface area contributed by atoms with Crippen LogP contribution >= 0.6 is 0 Å². The van der Waals surface area contributed by atoms with Gasteiger partial charge in [-0.25, -0.2) is 0 Å². The average molecular weight is 289 g/mol. The third-order valence-electron chi connectivity index (χ3n) is 3.13. The summed E-state index contributed by atoms with van der Waals surface area (Å²) in [6.45, 7) is -0.470. The van der Waals surface area contributed by atoms with Gasteiger partial charge in [0.05, 0.1) is 11.6 Å². The summed E-state index contributed by atoms with van der Waals surface area (Å²) in [5.41, 5.74) is 7.27. The monoisotopic (exact) mass is 289 g/mol. The zero-order valence-corrected chi connectivity index (χ0v) is 11.2. The Balaban J connectivity index is 2.17. The summed E-state index contributed by atoms with van der Waals surface area (Å²) in [6.07, 6.45) is 2.52. The largest absolute Gasteiger partial charge is 0.480 e. The molecule has 7 heteroatoms. The highest BCUT2D eigenvalue weighted by Crippen LogP contribution is 2.21. The van der Waals surface area contributed by atoms with Crippen molar-refractivity contribution in [2.45, 2.75) is 12.5 Å². The maximum Gasteiger partial charge on any atom is 0.322 e. The first-order valence-electron chi connectivity index (χ1n) is 6.31. The zero-order chi connectivity index (χ0) is 15.4. The SMILES string of the molecule is NC(Cc1cn(C=O)c2ccccc12)C(=O)NCC(=O)O. The first-order chi connectivity index (χ1) is 10.0. The molecule has 21 heavy (non-hydrogen) atoms. The molecule has 2 aromatic rings. The second-order valence-electron chi connectivity index (χ2n) is 4.61. The molecule has 0 bridgehead atoms.